The van der Waals surface area contributed by atoms with Crippen LogP contribution in [0.2, 0.25) is 0 Å². The second-order valence-corrected chi connectivity index (χ2v) is 6.68. The van der Waals surface area contributed by atoms with Gasteiger partial charge in [-0.15, -0.1) is 10.2 Å². The number of anilines is 1. The topological polar surface area (TPSA) is 49.6 Å². The van der Waals surface area contributed by atoms with Gasteiger partial charge in [-0.25, -0.2) is 4.98 Å². The summed E-state index contributed by atoms with van der Waals surface area (Å²) in [6.07, 6.45) is 6.56. The Labute approximate surface area is 148 Å². The predicted octanol–water partition coefficient (Wildman–Crippen LogP) is 2.79. The minimum Gasteiger partial charge on any atom is -0.348 e. The highest BCUT2D eigenvalue weighted by Crippen LogP contribution is 2.29. The molecule has 0 amide bonds. The maximum atomic E-state index is 4.59. The van der Waals surface area contributed by atoms with Gasteiger partial charge in [0.2, 0.25) is 5.65 Å². The summed E-state index contributed by atoms with van der Waals surface area (Å²) >= 11 is 0. The molecule has 1 aromatic carbocycles. The Morgan fingerprint density at radius 3 is 2.80 bits per heavy atom. The summed E-state index contributed by atoms with van der Waals surface area (Å²) < 4.78 is 1.93. The average molecular weight is 336 g/mol. The lowest BCUT2D eigenvalue weighted by Gasteiger charge is -2.43. The molecule has 0 spiro atoms. The third-order valence-corrected chi connectivity index (χ3v) is 5.14. The van der Waals surface area contributed by atoms with Crippen molar-refractivity contribution in [2.75, 3.05) is 24.5 Å². The Morgan fingerprint density at radius 2 is 2.04 bits per heavy atom. The van der Waals surface area contributed by atoms with E-state index in [4.69, 9.17) is 0 Å². The first-order chi connectivity index (χ1) is 12.3. The Balaban J connectivity index is 1.55. The van der Waals surface area contributed by atoms with E-state index in [9.17, 15) is 0 Å². The summed E-state index contributed by atoms with van der Waals surface area (Å²) in [6, 6.07) is 11.7. The number of piperazine rings is 1. The molecular formula is C19H24N6. The highest BCUT2D eigenvalue weighted by molar-refractivity contribution is 5.64. The monoisotopic (exact) mass is 336 g/mol. The van der Waals surface area contributed by atoms with Crippen molar-refractivity contribution in [1.82, 2.24) is 24.5 Å². The zero-order valence-electron chi connectivity index (χ0n) is 14.8. The summed E-state index contributed by atoms with van der Waals surface area (Å²) in [5.41, 5.74) is 2.24. The van der Waals surface area contributed by atoms with Crippen LogP contribution in [0.15, 0.2) is 49.1 Å². The summed E-state index contributed by atoms with van der Waals surface area (Å²) in [4.78, 5) is 9.54. The minimum absolute atomic E-state index is 0.377. The number of aromatic nitrogens is 4. The molecule has 4 rings (SSSR count). The third-order valence-electron chi connectivity index (χ3n) is 5.14. The molecule has 0 N–H and O–H groups in total. The van der Waals surface area contributed by atoms with Gasteiger partial charge in [0.1, 0.15) is 6.33 Å². The lowest BCUT2D eigenvalue weighted by Crippen LogP contribution is -2.53. The second-order valence-electron chi connectivity index (χ2n) is 6.68. The van der Waals surface area contributed by atoms with E-state index in [1.807, 2.05) is 16.8 Å². The lowest BCUT2D eigenvalue weighted by atomic mass is 10.0. The maximum Gasteiger partial charge on any atom is 0.203 e. The molecule has 2 aromatic heterocycles. The van der Waals surface area contributed by atoms with Crippen molar-refractivity contribution in [2.45, 2.75) is 32.4 Å². The highest BCUT2D eigenvalue weighted by atomic mass is 15.3. The van der Waals surface area contributed by atoms with Crippen LogP contribution in [0.25, 0.3) is 5.65 Å². The second kappa shape index (κ2) is 6.80. The van der Waals surface area contributed by atoms with Crippen LogP contribution >= 0.6 is 0 Å². The van der Waals surface area contributed by atoms with Crippen LogP contribution in [0.4, 0.5) is 5.82 Å². The molecule has 2 atom stereocenters. The fourth-order valence-electron chi connectivity index (χ4n) is 3.91. The molecule has 1 aliphatic rings. The smallest absolute Gasteiger partial charge is 0.203 e. The maximum absolute atomic E-state index is 4.59. The Bertz CT molecular complexity index is 830. The van der Waals surface area contributed by atoms with Gasteiger partial charge in [0.15, 0.2) is 5.82 Å². The van der Waals surface area contributed by atoms with Gasteiger partial charge < -0.3 is 4.90 Å². The van der Waals surface area contributed by atoms with E-state index in [0.717, 1.165) is 37.5 Å². The van der Waals surface area contributed by atoms with Gasteiger partial charge in [-0.1, -0.05) is 37.3 Å². The molecule has 25 heavy (non-hydrogen) atoms. The molecule has 2 unspecified atom stereocenters. The Kier molecular flexibility index (Phi) is 4.36. The van der Waals surface area contributed by atoms with Crippen LogP contribution < -0.4 is 4.90 Å². The molecule has 1 aliphatic heterocycles. The summed E-state index contributed by atoms with van der Waals surface area (Å²) in [5.74, 6) is 0.930. The van der Waals surface area contributed by atoms with E-state index < -0.39 is 0 Å². The summed E-state index contributed by atoms with van der Waals surface area (Å²) in [5, 5.41) is 8.26. The zero-order valence-corrected chi connectivity index (χ0v) is 14.8. The van der Waals surface area contributed by atoms with E-state index in [-0.39, 0.29) is 0 Å². The predicted molar refractivity (Wildman–Crippen MR) is 98.6 cm³/mol. The van der Waals surface area contributed by atoms with E-state index in [0.29, 0.717) is 12.1 Å². The van der Waals surface area contributed by atoms with Gasteiger partial charge >= 0.3 is 0 Å². The van der Waals surface area contributed by atoms with Gasteiger partial charge in [-0.05, 0) is 18.9 Å². The van der Waals surface area contributed by atoms with Crippen molar-refractivity contribution in [3.8, 4) is 0 Å². The Morgan fingerprint density at radius 1 is 1.20 bits per heavy atom. The van der Waals surface area contributed by atoms with Crippen molar-refractivity contribution in [3.05, 3.63) is 54.6 Å². The molecule has 6 nitrogen and oxygen atoms in total. The molecule has 0 bridgehead atoms. The number of nitrogens with zero attached hydrogens (tertiary/aromatic N) is 6. The van der Waals surface area contributed by atoms with E-state index in [1.54, 1.807) is 6.33 Å². The van der Waals surface area contributed by atoms with Crippen molar-refractivity contribution in [2.24, 2.45) is 0 Å². The normalized spacial score (nSPS) is 20.1. The van der Waals surface area contributed by atoms with Crippen LogP contribution in [0.1, 0.15) is 31.9 Å². The van der Waals surface area contributed by atoms with Crippen molar-refractivity contribution >= 4 is 11.5 Å². The number of rotatable bonds is 4. The highest BCUT2D eigenvalue weighted by Gasteiger charge is 2.30. The van der Waals surface area contributed by atoms with Crippen LogP contribution in [0.5, 0.6) is 0 Å². The van der Waals surface area contributed by atoms with Gasteiger partial charge in [0.25, 0.3) is 0 Å². The molecule has 1 fully saturated rings. The van der Waals surface area contributed by atoms with Crippen LogP contribution in [-0.2, 0) is 0 Å². The first-order valence-corrected chi connectivity index (χ1v) is 8.98. The fourth-order valence-corrected chi connectivity index (χ4v) is 3.91. The third kappa shape index (κ3) is 2.98. The van der Waals surface area contributed by atoms with Crippen LogP contribution in [0, 0.1) is 0 Å². The molecule has 130 valence electrons. The summed E-state index contributed by atoms with van der Waals surface area (Å²) in [7, 11) is 0. The van der Waals surface area contributed by atoms with E-state index >= 15 is 0 Å². The van der Waals surface area contributed by atoms with E-state index in [2.05, 4.69) is 69.2 Å². The number of hydrogen-bond donors (Lipinski definition) is 0. The molecule has 0 radical (unpaired) electrons. The minimum atomic E-state index is 0.377. The van der Waals surface area contributed by atoms with Gasteiger partial charge in [-0.3, -0.25) is 9.30 Å². The van der Waals surface area contributed by atoms with Crippen molar-refractivity contribution < 1.29 is 0 Å². The van der Waals surface area contributed by atoms with Gasteiger partial charge in [-0.2, -0.15) is 0 Å². The molecule has 3 aromatic rings. The number of fused-ring (bicyclic) bond motifs is 1. The van der Waals surface area contributed by atoms with Gasteiger partial charge in [0.05, 0.1) is 0 Å². The van der Waals surface area contributed by atoms with Crippen LogP contribution in [-0.4, -0.2) is 50.2 Å². The largest absolute Gasteiger partial charge is 0.348 e. The zero-order chi connectivity index (χ0) is 17.2. The van der Waals surface area contributed by atoms with Gasteiger partial charge in [0, 0.05) is 44.1 Å². The summed E-state index contributed by atoms with van der Waals surface area (Å²) in [6.45, 7) is 7.53. The SMILES string of the molecule is CCC(c1ccccc1)N1CCN(c2nccn3cnnc23)C(C)C1. The number of benzene rings is 1. The fraction of sp³-hybridized carbons (Fsp3) is 0.421. The molecule has 0 saturated carbocycles. The molecule has 6 heteroatoms. The number of hydrogen-bond acceptors (Lipinski definition) is 5. The molecule has 0 aliphatic carbocycles. The quantitative estimate of drug-likeness (QED) is 0.733. The van der Waals surface area contributed by atoms with Crippen molar-refractivity contribution in [3.63, 3.8) is 0 Å². The van der Waals surface area contributed by atoms with Crippen molar-refractivity contribution in [1.29, 1.82) is 0 Å². The molecule has 1 saturated heterocycles. The first kappa shape index (κ1) is 16.0. The Hall–Kier alpha value is -2.47. The van der Waals surface area contributed by atoms with E-state index in [1.165, 1.54) is 5.56 Å². The average Bonchev–Trinajstić information content (AvgIpc) is 3.12. The first-order valence-electron chi connectivity index (χ1n) is 8.98. The van der Waals surface area contributed by atoms with Crippen LogP contribution in [0.3, 0.4) is 0 Å². The molecule has 3 heterocycles. The standard InChI is InChI=1S/C19H24N6/c1-3-17(16-7-5-4-6-8-16)23-11-12-25(15(2)13-23)18-19-22-21-14-24(19)10-9-20-18/h4-10,14-15,17H,3,11-13H2,1-2H3. The molecular weight excluding hydrogens is 312 g/mol. The lowest BCUT2D eigenvalue weighted by molar-refractivity contribution is 0.160.